The first-order chi connectivity index (χ1) is 15.3. The Bertz CT molecular complexity index is 1030. The molecule has 0 aliphatic carbocycles. The van der Waals surface area contributed by atoms with Gasteiger partial charge in [-0.15, -0.1) is 0 Å². The van der Waals surface area contributed by atoms with Crippen molar-refractivity contribution in [1.82, 2.24) is 9.80 Å². The second kappa shape index (κ2) is 9.82. The lowest BCUT2D eigenvalue weighted by Crippen LogP contribution is -2.35. The maximum atomic E-state index is 13.4. The Hall–Kier alpha value is -3.39. The number of Topliss-reactive ketones (excluding diaryl/α,β-unsaturated/α-hetero) is 1. The van der Waals surface area contributed by atoms with Crippen molar-refractivity contribution in [3.63, 3.8) is 0 Å². The molecule has 1 atom stereocenters. The van der Waals surface area contributed by atoms with Crippen LogP contribution in [0.25, 0.3) is 5.76 Å². The summed E-state index contributed by atoms with van der Waals surface area (Å²) in [4.78, 5) is 29.3. The largest absolute Gasteiger partial charge is 0.507 e. The first-order valence-electron chi connectivity index (χ1n) is 10.3. The molecule has 8 heteroatoms. The van der Waals surface area contributed by atoms with E-state index in [0.717, 1.165) is 0 Å². The normalized spacial score (nSPS) is 17.8. The van der Waals surface area contributed by atoms with Gasteiger partial charge in [-0.1, -0.05) is 6.07 Å². The summed E-state index contributed by atoms with van der Waals surface area (Å²) in [6, 6.07) is 9.43. The minimum Gasteiger partial charge on any atom is -0.507 e. The van der Waals surface area contributed by atoms with Gasteiger partial charge >= 0.3 is 0 Å². The lowest BCUT2D eigenvalue weighted by molar-refractivity contribution is -0.140. The zero-order valence-electron chi connectivity index (χ0n) is 18.6. The molecule has 1 fully saturated rings. The zero-order chi connectivity index (χ0) is 23.4. The second-order valence-electron chi connectivity index (χ2n) is 7.65. The number of nitrogens with zero attached hydrogens (tertiary/aromatic N) is 2. The number of ether oxygens (including phenoxy) is 2. The highest BCUT2D eigenvalue weighted by molar-refractivity contribution is 6.46. The third kappa shape index (κ3) is 4.60. The van der Waals surface area contributed by atoms with E-state index in [1.807, 2.05) is 25.9 Å². The standard InChI is InChI=1S/C24H27FN2O5/c1-5-32-18-11-8-16(14-19(18)31-4)21-20(22(28)15-6-9-17(25)10-7-15)23(29)24(30)27(21)13-12-26(2)3/h6-11,14,21,28H,5,12-13H2,1-4H3/b22-20+/t21-/m1/s1. The van der Waals surface area contributed by atoms with Gasteiger partial charge in [-0.3, -0.25) is 9.59 Å². The van der Waals surface area contributed by atoms with Gasteiger partial charge in [0.2, 0.25) is 0 Å². The third-order valence-electron chi connectivity index (χ3n) is 5.25. The molecule has 1 aliphatic heterocycles. The number of hydrogen-bond donors (Lipinski definition) is 1. The number of aliphatic hydroxyl groups is 1. The second-order valence-corrected chi connectivity index (χ2v) is 7.65. The average Bonchev–Trinajstić information content (AvgIpc) is 3.03. The summed E-state index contributed by atoms with van der Waals surface area (Å²) in [5, 5.41) is 11.0. The Morgan fingerprint density at radius 2 is 1.81 bits per heavy atom. The van der Waals surface area contributed by atoms with Gasteiger partial charge in [0.05, 0.1) is 25.3 Å². The Balaban J connectivity index is 2.16. The fraction of sp³-hybridized carbons (Fsp3) is 0.333. The van der Waals surface area contributed by atoms with Crippen molar-refractivity contribution >= 4 is 17.4 Å². The molecule has 1 aliphatic rings. The average molecular weight is 442 g/mol. The van der Waals surface area contributed by atoms with Crippen molar-refractivity contribution in [2.75, 3.05) is 40.9 Å². The van der Waals surface area contributed by atoms with Crippen LogP contribution in [0.2, 0.25) is 0 Å². The number of carbonyl (C=O) groups excluding carboxylic acids is 2. The van der Waals surface area contributed by atoms with Gasteiger partial charge in [0.15, 0.2) is 11.5 Å². The molecule has 2 aromatic rings. The summed E-state index contributed by atoms with van der Waals surface area (Å²) >= 11 is 0. The Kier molecular flexibility index (Phi) is 7.15. The first kappa shape index (κ1) is 23.3. The Morgan fingerprint density at radius 3 is 2.41 bits per heavy atom. The monoisotopic (exact) mass is 442 g/mol. The number of likely N-dealkylation sites (tertiary alicyclic amines) is 1. The lowest BCUT2D eigenvalue weighted by Gasteiger charge is -2.27. The fourth-order valence-electron chi connectivity index (χ4n) is 3.66. The van der Waals surface area contributed by atoms with Crippen molar-refractivity contribution < 1.29 is 28.6 Å². The molecule has 7 nitrogen and oxygen atoms in total. The number of ketones is 1. The number of aliphatic hydroxyl groups excluding tert-OH is 1. The summed E-state index contributed by atoms with van der Waals surface area (Å²) < 4.78 is 24.4. The molecule has 1 heterocycles. The van der Waals surface area contributed by atoms with Gasteiger partial charge in [0.25, 0.3) is 11.7 Å². The number of hydrogen-bond acceptors (Lipinski definition) is 6. The van der Waals surface area contributed by atoms with Crippen LogP contribution in [0, 0.1) is 5.82 Å². The zero-order valence-corrected chi connectivity index (χ0v) is 18.6. The van der Waals surface area contributed by atoms with E-state index in [-0.39, 0.29) is 23.4 Å². The molecule has 1 N–H and O–H groups in total. The van der Waals surface area contributed by atoms with Crippen LogP contribution in [0.5, 0.6) is 11.5 Å². The topological polar surface area (TPSA) is 79.3 Å². The molecule has 0 spiro atoms. The molecular weight excluding hydrogens is 415 g/mol. The number of carbonyl (C=O) groups is 2. The molecule has 170 valence electrons. The van der Waals surface area contributed by atoms with Crippen LogP contribution in [-0.4, -0.2) is 67.5 Å². The number of halogens is 1. The molecule has 0 aromatic heterocycles. The van der Waals surface area contributed by atoms with Crippen LogP contribution >= 0.6 is 0 Å². The molecule has 2 aromatic carbocycles. The van der Waals surface area contributed by atoms with E-state index in [4.69, 9.17) is 9.47 Å². The van der Waals surface area contributed by atoms with Crippen molar-refractivity contribution in [3.8, 4) is 11.5 Å². The third-order valence-corrected chi connectivity index (χ3v) is 5.25. The number of methoxy groups -OCH3 is 1. The van der Waals surface area contributed by atoms with Crippen molar-refractivity contribution in [3.05, 3.63) is 65.0 Å². The molecular formula is C24H27FN2O5. The first-order valence-corrected chi connectivity index (χ1v) is 10.3. The molecule has 32 heavy (non-hydrogen) atoms. The van der Waals surface area contributed by atoms with E-state index in [1.54, 1.807) is 18.2 Å². The number of benzene rings is 2. The smallest absolute Gasteiger partial charge is 0.295 e. The van der Waals surface area contributed by atoms with Gasteiger partial charge in [-0.05, 0) is 63.0 Å². The van der Waals surface area contributed by atoms with Crippen LogP contribution in [-0.2, 0) is 9.59 Å². The highest BCUT2D eigenvalue weighted by Gasteiger charge is 2.46. The molecule has 3 rings (SSSR count). The molecule has 1 amide bonds. The molecule has 1 saturated heterocycles. The van der Waals surface area contributed by atoms with Crippen LogP contribution in [0.1, 0.15) is 24.1 Å². The Morgan fingerprint density at radius 1 is 1.12 bits per heavy atom. The summed E-state index contributed by atoms with van der Waals surface area (Å²) in [5.74, 6) is -1.34. The number of rotatable bonds is 8. The van der Waals surface area contributed by atoms with E-state index in [2.05, 4.69) is 0 Å². The predicted octanol–water partition coefficient (Wildman–Crippen LogP) is 3.22. The summed E-state index contributed by atoms with van der Waals surface area (Å²) in [5.41, 5.74) is 0.790. The molecule has 0 unspecified atom stereocenters. The highest BCUT2D eigenvalue weighted by atomic mass is 19.1. The molecule has 0 saturated carbocycles. The van der Waals surface area contributed by atoms with Crippen LogP contribution in [0.4, 0.5) is 4.39 Å². The predicted molar refractivity (Wildman–Crippen MR) is 118 cm³/mol. The fourth-order valence-corrected chi connectivity index (χ4v) is 3.66. The summed E-state index contributed by atoms with van der Waals surface area (Å²) in [6.45, 7) is 3.10. The SMILES string of the molecule is CCOc1ccc([C@@H]2/C(=C(\O)c3ccc(F)cc3)C(=O)C(=O)N2CCN(C)C)cc1OC. The lowest BCUT2D eigenvalue weighted by atomic mass is 9.95. The van der Waals surface area contributed by atoms with E-state index in [0.29, 0.717) is 30.2 Å². The van der Waals surface area contributed by atoms with Crippen LogP contribution in [0.3, 0.4) is 0 Å². The van der Waals surface area contributed by atoms with Gasteiger partial charge in [-0.2, -0.15) is 0 Å². The van der Waals surface area contributed by atoms with Crippen LogP contribution < -0.4 is 9.47 Å². The number of amides is 1. The minimum absolute atomic E-state index is 0.0495. The van der Waals surface area contributed by atoms with Gasteiger partial charge in [0, 0.05) is 18.7 Å². The van der Waals surface area contributed by atoms with Crippen molar-refractivity contribution in [1.29, 1.82) is 0 Å². The highest BCUT2D eigenvalue weighted by Crippen LogP contribution is 2.41. The quantitative estimate of drug-likeness (QED) is 0.384. The van der Waals surface area contributed by atoms with Gasteiger partial charge in [0.1, 0.15) is 11.6 Å². The maximum absolute atomic E-state index is 13.4. The molecule has 0 bridgehead atoms. The summed E-state index contributed by atoms with van der Waals surface area (Å²) in [7, 11) is 5.23. The minimum atomic E-state index is -0.829. The van der Waals surface area contributed by atoms with Gasteiger partial charge < -0.3 is 24.4 Å². The van der Waals surface area contributed by atoms with Crippen molar-refractivity contribution in [2.45, 2.75) is 13.0 Å². The van der Waals surface area contributed by atoms with Crippen molar-refractivity contribution in [2.24, 2.45) is 0 Å². The van der Waals surface area contributed by atoms with E-state index in [9.17, 15) is 19.1 Å². The Labute approximate surface area is 186 Å². The van der Waals surface area contributed by atoms with Gasteiger partial charge in [-0.25, -0.2) is 4.39 Å². The maximum Gasteiger partial charge on any atom is 0.295 e. The number of likely N-dealkylation sites (N-methyl/N-ethyl adjacent to an activating group) is 1. The van der Waals surface area contributed by atoms with E-state index in [1.165, 1.54) is 36.3 Å². The van der Waals surface area contributed by atoms with E-state index < -0.39 is 23.5 Å². The molecule has 0 radical (unpaired) electrons. The summed E-state index contributed by atoms with van der Waals surface area (Å²) in [6.07, 6.45) is 0. The van der Waals surface area contributed by atoms with E-state index >= 15 is 0 Å². The van der Waals surface area contributed by atoms with Crippen LogP contribution in [0.15, 0.2) is 48.0 Å².